The summed E-state index contributed by atoms with van der Waals surface area (Å²) in [5.74, 6) is -0.912. The van der Waals surface area contributed by atoms with Crippen molar-refractivity contribution >= 4 is 50.7 Å². The van der Waals surface area contributed by atoms with Gasteiger partial charge in [0.05, 0.1) is 10.6 Å². The highest BCUT2D eigenvalue weighted by Gasteiger charge is 2.33. The largest absolute Gasteiger partial charge is 0.354 e. The Morgan fingerprint density at radius 1 is 0.949 bits per heavy atom. The van der Waals surface area contributed by atoms with Crippen molar-refractivity contribution in [1.82, 2.24) is 10.2 Å². The molecule has 3 aromatic rings. The summed E-state index contributed by atoms with van der Waals surface area (Å²) in [6.07, 6.45) is 0.730. The lowest BCUT2D eigenvalue weighted by atomic mass is 10.1. The minimum Gasteiger partial charge on any atom is -0.354 e. The van der Waals surface area contributed by atoms with Crippen LogP contribution in [0.1, 0.15) is 37.0 Å². The average Bonchev–Trinajstić information content (AvgIpc) is 2.91. The molecule has 0 heterocycles. The Morgan fingerprint density at radius 2 is 1.62 bits per heavy atom. The van der Waals surface area contributed by atoms with Crippen LogP contribution in [0, 0.1) is 13.8 Å². The molecule has 0 radical (unpaired) electrons. The van der Waals surface area contributed by atoms with E-state index in [2.05, 4.69) is 5.32 Å². The lowest BCUT2D eigenvalue weighted by molar-refractivity contribution is -0.139. The van der Waals surface area contributed by atoms with Crippen LogP contribution in [-0.4, -0.2) is 44.3 Å². The monoisotopic (exact) mass is 589 g/mol. The van der Waals surface area contributed by atoms with E-state index in [1.165, 1.54) is 23.1 Å². The smallest absolute Gasteiger partial charge is 0.264 e. The van der Waals surface area contributed by atoms with E-state index in [0.717, 1.165) is 21.9 Å². The maximum absolute atomic E-state index is 13.9. The molecule has 0 spiro atoms. The molecule has 10 heteroatoms. The fourth-order valence-corrected chi connectivity index (χ4v) is 5.67. The number of benzene rings is 3. The van der Waals surface area contributed by atoms with Crippen LogP contribution < -0.4 is 9.62 Å². The van der Waals surface area contributed by atoms with Gasteiger partial charge in [-0.2, -0.15) is 0 Å². The quantitative estimate of drug-likeness (QED) is 0.308. The first kappa shape index (κ1) is 30.5. The molecule has 0 saturated carbocycles. The van der Waals surface area contributed by atoms with Crippen LogP contribution in [0.4, 0.5) is 5.69 Å². The average molecular weight is 591 g/mol. The van der Waals surface area contributed by atoms with Gasteiger partial charge in [-0.25, -0.2) is 8.42 Å². The van der Waals surface area contributed by atoms with Gasteiger partial charge in [-0.15, -0.1) is 0 Å². The second-order valence-corrected chi connectivity index (χ2v) is 12.0. The van der Waals surface area contributed by atoms with Gasteiger partial charge in [0.15, 0.2) is 0 Å². The van der Waals surface area contributed by atoms with Crippen molar-refractivity contribution in [2.45, 2.75) is 51.6 Å². The van der Waals surface area contributed by atoms with Gasteiger partial charge < -0.3 is 10.2 Å². The summed E-state index contributed by atoms with van der Waals surface area (Å²) in [6, 6.07) is 17.3. The van der Waals surface area contributed by atoms with Gasteiger partial charge in [-0.1, -0.05) is 72.1 Å². The Hall–Kier alpha value is -3.07. The SMILES string of the molecule is CCCNC(=O)[C@@H](C)N(Cc1ccccc1Cl)C(=O)CN(c1ccc(C)c(Cl)c1)S(=O)(=O)c1ccc(C)cc1. The predicted molar refractivity (Wildman–Crippen MR) is 157 cm³/mol. The van der Waals surface area contributed by atoms with Crippen molar-refractivity contribution < 1.29 is 18.0 Å². The highest BCUT2D eigenvalue weighted by Crippen LogP contribution is 2.29. The summed E-state index contributed by atoms with van der Waals surface area (Å²) in [5, 5.41) is 3.61. The Labute approximate surface area is 240 Å². The number of amides is 2. The fraction of sp³-hybridized carbons (Fsp3) is 0.310. The molecule has 2 amide bonds. The predicted octanol–water partition coefficient (Wildman–Crippen LogP) is 5.75. The third-order valence-corrected chi connectivity index (χ3v) is 8.91. The molecule has 0 unspecified atom stereocenters. The molecule has 0 fully saturated rings. The molecule has 7 nitrogen and oxygen atoms in total. The Balaban J connectivity index is 2.05. The summed E-state index contributed by atoms with van der Waals surface area (Å²) in [6.45, 7) is 7.12. The van der Waals surface area contributed by atoms with Crippen LogP contribution in [0.2, 0.25) is 10.0 Å². The first-order valence-corrected chi connectivity index (χ1v) is 14.8. The minimum absolute atomic E-state index is 0.0201. The van der Waals surface area contributed by atoms with Crippen molar-refractivity contribution in [3.05, 3.63) is 93.5 Å². The second-order valence-electron chi connectivity index (χ2n) is 9.34. The number of nitrogens with zero attached hydrogens (tertiary/aromatic N) is 2. The number of hydrogen-bond donors (Lipinski definition) is 1. The van der Waals surface area contributed by atoms with Gasteiger partial charge >= 0.3 is 0 Å². The van der Waals surface area contributed by atoms with E-state index in [1.54, 1.807) is 62.4 Å². The van der Waals surface area contributed by atoms with Crippen LogP contribution in [-0.2, 0) is 26.2 Å². The van der Waals surface area contributed by atoms with Gasteiger partial charge in [0.25, 0.3) is 10.0 Å². The first-order valence-electron chi connectivity index (χ1n) is 12.6. The summed E-state index contributed by atoms with van der Waals surface area (Å²) >= 11 is 12.7. The molecule has 3 rings (SSSR count). The molecule has 0 aromatic heterocycles. The fourth-order valence-electron chi connectivity index (χ4n) is 3.89. The standard InChI is InChI=1S/C29H33Cl2N3O4S/c1-5-16-32-29(36)22(4)33(18-23-8-6-7-9-26(23)30)28(35)19-34(24-13-12-21(3)27(31)17-24)39(37,38)25-14-10-20(2)11-15-25/h6-15,17,22H,5,16,18-19H2,1-4H3,(H,32,36)/t22-/m1/s1. The van der Waals surface area contributed by atoms with Crippen LogP contribution in [0.25, 0.3) is 0 Å². The molecule has 0 aliphatic carbocycles. The molecule has 3 aromatic carbocycles. The summed E-state index contributed by atoms with van der Waals surface area (Å²) in [7, 11) is -4.17. The van der Waals surface area contributed by atoms with Crippen molar-refractivity contribution in [3.63, 3.8) is 0 Å². The molecule has 0 saturated heterocycles. The number of rotatable bonds is 11. The number of carbonyl (C=O) groups is 2. The Morgan fingerprint density at radius 3 is 2.23 bits per heavy atom. The topological polar surface area (TPSA) is 86.8 Å². The zero-order chi connectivity index (χ0) is 28.7. The number of halogens is 2. The number of nitrogens with one attached hydrogen (secondary N) is 1. The maximum atomic E-state index is 13.9. The molecular weight excluding hydrogens is 557 g/mol. The van der Waals surface area contributed by atoms with E-state index in [0.29, 0.717) is 22.2 Å². The van der Waals surface area contributed by atoms with E-state index in [9.17, 15) is 18.0 Å². The van der Waals surface area contributed by atoms with E-state index in [-0.39, 0.29) is 23.0 Å². The molecule has 0 bridgehead atoms. The van der Waals surface area contributed by atoms with E-state index in [4.69, 9.17) is 23.2 Å². The van der Waals surface area contributed by atoms with Crippen LogP contribution in [0.15, 0.2) is 71.6 Å². The molecule has 39 heavy (non-hydrogen) atoms. The van der Waals surface area contributed by atoms with Gasteiger partial charge in [-0.3, -0.25) is 13.9 Å². The Bertz CT molecular complexity index is 1430. The van der Waals surface area contributed by atoms with Crippen molar-refractivity contribution in [2.75, 3.05) is 17.4 Å². The van der Waals surface area contributed by atoms with Crippen molar-refractivity contribution in [3.8, 4) is 0 Å². The van der Waals surface area contributed by atoms with E-state index >= 15 is 0 Å². The molecule has 1 N–H and O–H groups in total. The minimum atomic E-state index is -4.17. The summed E-state index contributed by atoms with van der Waals surface area (Å²) < 4.78 is 28.8. The number of hydrogen-bond acceptors (Lipinski definition) is 4. The number of sulfonamides is 1. The second kappa shape index (κ2) is 13.3. The normalized spacial score (nSPS) is 12.1. The van der Waals surface area contributed by atoms with Crippen LogP contribution >= 0.6 is 23.2 Å². The van der Waals surface area contributed by atoms with Gasteiger partial charge in [0, 0.05) is 23.1 Å². The lowest BCUT2D eigenvalue weighted by Crippen LogP contribution is -2.51. The zero-order valence-electron chi connectivity index (χ0n) is 22.4. The summed E-state index contributed by atoms with van der Waals surface area (Å²) in [4.78, 5) is 28.2. The van der Waals surface area contributed by atoms with Crippen LogP contribution in [0.3, 0.4) is 0 Å². The maximum Gasteiger partial charge on any atom is 0.264 e. The zero-order valence-corrected chi connectivity index (χ0v) is 24.8. The summed E-state index contributed by atoms with van der Waals surface area (Å²) in [5.41, 5.74) is 2.53. The van der Waals surface area contributed by atoms with Gasteiger partial charge in [0.1, 0.15) is 12.6 Å². The lowest BCUT2D eigenvalue weighted by Gasteiger charge is -2.32. The van der Waals surface area contributed by atoms with Crippen molar-refractivity contribution in [2.24, 2.45) is 0 Å². The highest BCUT2D eigenvalue weighted by molar-refractivity contribution is 7.92. The molecule has 208 valence electrons. The first-order chi connectivity index (χ1) is 18.4. The van der Waals surface area contributed by atoms with Gasteiger partial charge in [0.2, 0.25) is 11.8 Å². The molecule has 0 aliphatic rings. The molecule has 1 atom stereocenters. The van der Waals surface area contributed by atoms with E-state index in [1.807, 2.05) is 13.8 Å². The van der Waals surface area contributed by atoms with Crippen molar-refractivity contribution in [1.29, 1.82) is 0 Å². The number of anilines is 1. The Kier molecular flexibility index (Phi) is 10.4. The van der Waals surface area contributed by atoms with Gasteiger partial charge in [-0.05, 0) is 68.7 Å². The third-order valence-electron chi connectivity index (χ3n) is 6.35. The third kappa shape index (κ3) is 7.53. The molecule has 0 aliphatic heterocycles. The number of aryl methyl sites for hydroxylation is 2. The molecular formula is C29H33Cl2N3O4S. The number of carbonyl (C=O) groups excluding carboxylic acids is 2. The van der Waals surface area contributed by atoms with E-state index < -0.39 is 28.5 Å². The highest BCUT2D eigenvalue weighted by atomic mass is 35.5. The van der Waals surface area contributed by atoms with Crippen LogP contribution in [0.5, 0.6) is 0 Å².